The normalized spacial score (nSPS) is 10.6. The van der Waals surface area contributed by atoms with Crippen LogP contribution >= 0.6 is 23.2 Å². The molecule has 0 saturated carbocycles. The third-order valence-electron chi connectivity index (χ3n) is 3.40. The molecule has 0 unspecified atom stereocenters. The maximum absolute atomic E-state index is 12.5. The van der Waals surface area contributed by atoms with Crippen LogP contribution in [0.5, 0.6) is 0 Å². The Labute approximate surface area is 143 Å². The van der Waals surface area contributed by atoms with Crippen LogP contribution in [0.2, 0.25) is 10.0 Å². The van der Waals surface area contributed by atoms with Crippen LogP contribution in [0.4, 0.5) is 5.69 Å². The summed E-state index contributed by atoms with van der Waals surface area (Å²) in [5, 5.41) is 3.67. The van der Waals surface area contributed by atoms with E-state index >= 15 is 0 Å². The molecular formula is C18H13Cl2NO2. The minimum absolute atomic E-state index is 0.280. The number of nitrogens with one attached hydrogen (secondary N) is 1. The highest BCUT2D eigenvalue weighted by Gasteiger charge is 2.17. The Balaban J connectivity index is 1.87. The second-order valence-electron chi connectivity index (χ2n) is 5.02. The number of amides is 1. The van der Waals surface area contributed by atoms with Gasteiger partial charge >= 0.3 is 0 Å². The first-order valence-corrected chi connectivity index (χ1v) is 7.72. The minimum atomic E-state index is -0.280. The lowest BCUT2D eigenvalue weighted by atomic mass is 10.1. The first kappa shape index (κ1) is 15.7. The van der Waals surface area contributed by atoms with E-state index in [1.54, 1.807) is 31.2 Å². The molecule has 0 aliphatic rings. The zero-order valence-corrected chi connectivity index (χ0v) is 13.8. The summed E-state index contributed by atoms with van der Waals surface area (Å²) >= 11 is 11.9. The fourth-order valence-electron chi connectivity index (χ4n) is 2.23. The van der Waals surface area contributed by atoms with Crippen LogP contribution in [0, 0.1) is 6.92 Å². The van der Waals surface area contributed by atoms with E-state index in [0.717, 1.165) is 5.56 Å². The van der Waals surface area contributed by atoms with E-state index in [9.17, 15) is 4.79 Å². The van der Waals surface area contributed by atoms with Gasteiger partial charge in [0.1, 0.15) is 11.5 Å². The second-order valence-corrected chi connectivity index (χ2v) is 5.87. The van der Waals surface area contributed by atoms with Gasteiger partial charge in [0.15, 0.2) is 0 Å². The number of hydrogen-bond acceptors (Lipinski definition) is 2. The van der Waals surface area contributed by atoms with Gasteiger partial charge in [-0.1, -0.05) is 53.5 Å². The van der Waals surface area contributed by atoms with Gasteiger partial charge in [-0.05, 0) is 31.2 Å². The average Bonchev–Trinajstić information content (AvgIpc) is 2.93. The monoisotopic (exact) mass is 345 g/mol. The molecule has 0 aliphatic heterocycles. The third-order valence-corrected chi connectivity index (χ3v) is 3.95. The maximum Gasteiger partial charge on any atom is 0.259 e. The molecule has 23 heavy (non-hydrogen) atoms. The molecular weight excluding hydrogens is 333 g/mol. The maximum atomic E-state index is 12.5. The van der Waals surface area contributed by atoms with E-state index < -0.39 is 0 Å². The molecule has 116 valence electrons. The lowest BCUT2D eigenvalue weighted by Gasteiger charge is -2.06. The number of aryl methyl sites for hydroxylation is 1. The van der Waals surface area contributed by atoms with Crippen LogP contribution in [0.15, 0.2) is 59.0 Å². The van der Waals surface area contributed by atoms with Crippen LogP contribution in [0.3, 0.4) is 0 Å². The Bertz CT molecular complexity index is 857. The van der Waals surface area contributed by atoms with E-state index in [0.29, 0.717) is 32.8 Å². The van der Waals surface area contributed by atoms with Gasteiger partial charge in [0.25, 0.3) is 5.91 Å². The van der Waals surface area contributed by atoms with Gasteiger partial charge < -0.3 is 9.73 Å². The van der Waals surface area contributed by atoms with Crippen molar-refractivity contribution in [2.45, 2.75) is 6.92 Å². The van der Waals surface area contributed by atoms with Crippen LogP contribution in [-0.2, 0) is 0 Å². The van der Waals surface area contributed by atoms with Crippen molar-refractivity contribution in [3.8, 4) is 11.3 Å². The Kier molecular flexibility index (Phi) is 4.42. The smallest absolute Gasteiger partial charge is 0.259 e. The second kappa shape index (κ2) is 6.49. The molecule has 0 atom stereocenters. The molecule has 1 heterocycles. The largest absolute Gasteiger partial charge is 0.461 e. The van der Waals surface area contributed by atoms with Crippen molar-refractivity contribution in [1.29, 1.82) is 0 Å². The van der Waals surface area contributed by atoms with Gasteiger partial charge in [-0.15, -0.1) is 0 Å². The number of furan rings is 1. The quantitative estimate of drug-likeness (QED) is 0.650. The Morgan fingerprint density at radius 1 is 1.04 bits per heavy atom. The lowest BCUT2D eigenvalue weighted by Crippen LogP contribution is -2.12. The molecule has 2 aromatic carbocycles. The molecule has 3 nitrogen and oxygen atoms in total. The molecule has 1 amide bonds. The molecule has 0 bridgehead atoms. The third kappa shape index (κ3) is 3.41. The molecule has 0 fully saturated rings. The minimum Gasteiger partial charge on any atom is -0.461 e. The number of halogens is 2. The fourth-order valence-corrected chi connectivity index (χ4v) is 2.69. The highest BCUT2D eigenvalue weighted by molar-refractivity contribution is 6.36. The lowest BCUT2D eigenvalue weighted by molar-refractivity contribution is 0.102. The number of carbonyl (C=O) groups excluding carboxylic acids is 1. The van der Waals surface area contributed by atoms with Gasteiger partial charge in [-0.25, -0.2) is 0 Å². The van der Waals surface area contributed by atoms with Gasteiger partial charge in [-0.3, -0.25) is 4.79 Å². The van der Waals surface area contributed by atoms with Crippen LogP contribution < -0.4 is 5.32 Å². The van der Waals surface area contributed by atoms with Crippen LogP contribution in [0.1, 0.15) is 16.1 Å². The summed E-state index contributed by atoms with van der Waals surface area (Å²) in [6, 6.07) is 16.2. The number of carbonyl (C=O) groups is 1. The van der Waals surface area contributed by atoms with Crippen molar-refractivity contribution >= 4 is 34.8 Å². The molecule has 3 aromatic rings. The summed E-state index contributed by atoms with van der Waals surface area (Å²) in [7, 11) is 0. The van der Waals surface area contributed by atoms with Crippen molar-refractivity contribution in [3.05, 3.63) is 76.0 Å². The highest BCUT2D eigenvalue weighted by atomic mass is 35.5. The van der Waals surface area contributed by atoms with Crippen molar-refractivity contribution in [2.75, 3.05) is 5.32 Å². The topological polar surface area (TPSA) is 42.2 Å². The SMILES string of the molecule is Cc1oc(-c2ccccc2)cc1C(=O)Nc1ccc(Cl)cc1Cl. The standard InChI is InChI=1S/C18H13Cl2NO2/c1-11-14(10-17(23-11)12-5-3-2-4-6-12)18(22)21-16-8-7-13(19)9-15(16)20/h2-10H,1H3,(H,21,22). The van der Waals surface area contributed by atoms with E-state index in [4.69, 9.17) is 27.6 Å². The van der Waals surface area contributed by atoms with Gasteiger partial charge in [0.2, 0.25) is 0 Å². The predicted octanol–water partition coefficient (Wildman–Crippen LogP) is 5.81. The Morgan fingerprint density at radius 3 is 2.48 bits per heavy atom. The zero-order valence-electron chi connectivity index (χ0n) is 12.3. The van der Waals surface area contributed by atoms with Gasteiger partial charge in [-0.2, -0.15) is 0 Å². The molecule has 0 radical (unpaired) electrons. The van der Waals surface area contributed by atoms with Crippen molar-refractivity contribution in [1.82, 2.24) is 0 Å². The molecule has 1 N–H and O–H groups in total. The summed E-state index contributed by atoms with van der Waals surface area (Å²) in [4.78, 5) is 12.5. The summed E-state index contributed by atoms with van der Waals surface area (Å²) in [6.45, 7) is 1.75. The zero-order chi connectivity index (χ0) is 16.4. The van der Waals surface area contributed by atoms with E-state index in [-0.39, 0.29) is 5.91 Å². The van der Waals surface area contributed by atoms with Crippen LogP contribution in [0.25, 0.3) is 11.3 Å². The van der Waals surface area contributed by atoms with Crippen molar-refractivity contribution < 1.29 is 9.21 Å². The van der Waals surface area contributed by atoms with E-state index in [2.05, 4.69) is 5.32 Å². The van der Waals surface area contributed by atoms with Gasteiger partial charge in [0.05, 0.1) is 16.3 Å². The fraction of sp³-hybridized carbons (Fsp3) is 0.0556. The molecule has 1 aromatic heterocycles. The molecule has 5 heteroatoms. The van der Waals surface area contributed by atoms with E-state index in [1.807, 2.05) is 30.3 Å². The first-order valence-electron chi connectivity index (χ1n) is 6.97. The van der Waals surface area contributed by atoms with Gasteiger partial charge in [0, 0.05) is 10.6 Å². The van der Waals surface area contributed by atoms with Crippen molar-refractivity contribution in [2.24, 2.45) is 0 Å². The molecule has 3 rings (SSSR count). The van der Waals surface area contributed by atoms with Crippen LogP contribution in [-0.4, -0.2) is 5.91 Å². The molecule has 0 aliphatic carbocycles. The molecule has 0 spiro atoms. The predicted molar refractivity (Wildman–Crippen MR) is 93.3 cm³/mol. The summed E-state index contributed by atoms with van der Waals surface area (Å²) in [6.07, 6.45) is 0. The highest BCUT2D eigenvalue weighted by Crippen LogP contribution is 2.28. The number of rotatable bonds is 3. The van der Waals surface area contributed by atoms with E-state index in [1.165, 1.54) is 0 Å². The summed E-state index contributed by atoms with van der Waals surface area (Å²) < 4.78 is 5.69. The average molecular weight is 346 g/mol. The Hall–Kier alpha value is -2.23. The summed E-state index contributed by atoms with van der Waals surface area (Å²) in [5.41, 5.74) is 1.89. The first-order chi connectivity index (χ1) is 11.0. The number of hydrogen-bond donors (Lipinski definition) is 1. The molecule has 0 saturated heterocycles. The number of benzene rings is 2. The number of anilines is 1. The Morgan fingerprint density at radius 2 is 1.78 bits per heavy atom. The van der Waals surface area contributed by atoms with Crippen molar-refractivity contribution in [3.63, 3.8) is 0 Å². The summed E-state index contributed by atoms with van der Waals surface area (Å²) in [5.74, 6) is 0.916.